The van der Waals surface area contributed by atoms with Gasteiger partial charge in [-0.3, -0.25) is 9.35 Å². The molecule has 1 aromatic heterocycles. The fraction of sp³-hybridized carbons (Fsp3) is 0.565. The first-order chi connectivity index (χ1) is 15.1. The molecule has 0 saturated heterocycles. The molecule has 178 valence electrons. The van der Waals surface area contributed by atoms with E-state index in [9.17, 15) is 18.3 Å². The third-order valence-corrected chi connectivity index (χ3v) is 6.81. The molecule has 0 radical (unpaired) electrons. The van der Waals surface area contributed by atoms with E-state index >= 15 is 0 Å². The van der Waals surface area contributed by atoms with Gasteiger partial charge in [0.25, 0.3) is 10.1 Å². The van der Waals surface area contributed by atoms with Gasteiger partial charge < -0.3 is 15.4 Å². The Kier molecular flexibility index (Phi) is 9.86. The molecule has 1 atom stereocenters. The molecule has 1 fully saturated rings. The smallest absolute Gasteiger partial charge is 0.306 e. The normalized spacial score (nSPS) is 19.6. The van der Waals surface area contributed by atoms with Crippen molar-refractivity contribution in [3.63, 3.8) is 0 Å². The topological polar surface area (TPSA) is 136 Å². The third-order valence-electron chi connectivity index (χ3n) is 5.94. The number of carboxylic acid groups (broad SMARTS) is 1. The van der Waals surface area contributed by atoms with E-state index in [-0.39, 0.29) is 10.8 Å². The summed E-state index contributed by atoms with van der Waals surface area (Å²) in [7, 11) is -4.02. The summed E-state index contributed by atoms with van der Waals surface area (Å²) in [5, 5.41) is 9.27. The summed E-state index contributed by atoms with van der Waals surface area (Å²) in [4.78, 5) is 15.6. The summed E-state index contributed by atoms with van der Waals surface area (Å²) >= 11 is 0. The molecule has 9 heteroatoms. The maximum atomic E-state index is 11.3. The van der Waals surface area contributed by atoms with Gasteiger partial charge in [0.05, 0.1) is 22.8 Å². The van der Waals surface area contributed by atoms with Gasteiger partial charge in [0.1, 0.15) is 0 Å². The van der Waals surface area contributed by atoms with Crippen molar-refractivity contribution in [3.05, 3.63) is 48.0 Å². The van der Waals surface area contributed by atoms with Crippen molar-refractivity contribution in [2.24, 2.45) is 17.6 Å². The Morgan fingerprint density at radius 2 is 1.84 bits per heavy atom. The highest BCUT2D eigenvalue weighted by Crippen LogP contribution is 2.31. The number of imidazole rings is 1. The highest BCUT2D eigenvalue weighted by Gasteiger charge is 2.22. The van der Waals surface area contributed by atoms with E-state index in [1.807, 2.05) is 19.4 Å². The molecule has 0 bridgehead atoms. The first-order valence-corrected chi connectivity index (χ1v) is 12.5. The zero-order valence-electron chi connectivity index (χ0n) is 18.9. The van der Waals surface area contributed by atoms with Crippen molar-refractivity contribution in [2.75, 3.05) is 6.54 Å². The van der Waals surface area contributed by atoms with Crippen molar-refractivity contribution in [2.45, 2.75) is 69.7 Å². The van der Waals surface area contributed by atoms with E-state index in [1.165, 1.54) is 37.8 Å². The molecule has 0 spiro atoms. The minimum absolute atomic E-state index is 0.0666. The van der Waals surface area contributed by atoms with Gasteiger partial charge in [0.15, 0.2) is 0 Å². The SMILES string of the molecule is C[C@H]1CC[C@H](n2cnc(C[C@H](CCCN)C(=O)O)c2)CC1.Cc1ccc(S(=O)(=O)O)cc1. The summed E-state index contributed by atoms with van der Waals surface area (Å²) in [6.07, 6.45) is 10.7. The molecule has 1 heterocycles. The van der Waals surface area contributed by atoms with Gasteiger partial charge in [-0.2, -0.15) is 8.42 Å². The highest BCUT2D eigenvalue weighted by molar-refractivity contribution is 7.85. The highest BCUT2D eigenvalue weighted by atomic mass is 32.2. The van der Waals surface area contributed by atoms with Crippen LogP contribution in [0.3, 0.4) is 0 Å². The number of hydrogen-bond donors (Lipinski definition) is 3. The maximum absolute atomic E-state index is 11.3. The van der Waals surface area contributed by atoms with Crippen LogP contribution in [0.5, 0.6) is 0 Å². The van der Waals surface area contributed by atoms with E-state index < -0.39 is 16.1 Å². The van der Waals surface area contributed by atoms with Crippen LogP contribution in [0.1, 0.15) is 62.7 Å². The van der Waals surface area contributed by atoms with E-state index in [0.717, 1.165) is 23.6 Å². The summed E-state index contributed by atoms with van der Waals surface area (Å²) in [5.74, 6) is -0.287. The van der Waals surface area contributed by atoms with Crippen LogP contribution in [0.25, 0.3) is 0 Å². The Morgan fingerprint density at radius 3 is 2.38 bits per heavy atom. The molecule has 1 saturated carbocycles. The Labute approximate surface area is 190 Å². The van der Waals surface area contributed by atoms with Gasteiger partial charge in [0, 0.05) is 18.7 Å². The molecule has 3 rings (SSSR count). The molecule has 1 aliphatic rings. The Hall–Kier alpha value is -2.23. The Morgan fingerprint density at radius 1 is 1.22 bits per heavy atom. The van der Waals surface area contributed by atoms with Crippen LogP contribution in [0, 0.1) is 18.8 Å². The van der Waals surface area contributed by atoms with E-state index in [1.54, 1.807) is 12.1 Å². The molecular weight excluding hydrogens is 430 g/mol. The molecule has 0 unspecified atom stereocenters. The number of rotatable bonds is 8. The fourth-order valence-electron chi connectivity index (χ4n) is 3.87. The standard InChI is InChI=1S/C16H27N3O2.C7H8O3S/c1-12-4-6-15(7-5-12)19-10-14(18-11-19)9-13(16(20)21)3-2-8-17;1-6-2-4-7(5-3-6)11(8,9)10/h10-13,15H,2-9,17H2,1H3,(H,20,21);2-5H,1H3,(H,8,9,10)/t12-,13-,15-;/m0./s1. The quantitative estimate of drug-likeness (QED) is 0.504. The van der Waals surface area contributed by atoms with Gasteiger partial charge in [-0.1, -0.05) is 24.6 Å². The van der Waals surface area contributed by atoms with Crippen LogP contribution in [0.2, 0.25) is 0 Å². The second-order valence-corrected chi connectivity index (χ2v) is 10.1. The van der Waals surface area contributed by atoms with Gasteiger partial charge in [-0.15, -0.1) is 0 Å². The minimum atomic E-state index is -4.02. The second kappa shape index (κ2) is 12.1. The average Bonchev–Trinajstić information content (AvgIpc) is 3.20. The number of aromatic nitrogens is 2. The van der Waals surface area contributed by atoms with Gasteiger partial charge >= 0.3 is 5.97 Å². The molecule has 1 aromatic carbocycles. The zero-order chi connectivity index (χ0) is 23.7. The summed E-state index contributed by atoms with van der Waals surface area (Å²) < 4.78 is 31.7. The fourth-order valence-corrected chi connectivity index (χ4v) is 4.35. The molecule has 8 nitrogen and oxygen atoms in total. The van der Waals surface area contributed by atoms with Crippen LogP contribution < -0.4 is 5.73 Å². The molecule has 32 heavy (non-hydrogen) atoms. The molecule has 0 amide bonds. The van der Waals surface area contributed by atoms with Crippen LogP contribution >= 0.6 is 0 Å². The van der Waals surface area contributed by atoms with E-state index in [4.69, 9.17) is 10.3 Å². The van der Waals surface area contributed by atoms with Gasteiger partial charge in [-0.05, 0) is 70.0 Å². The second-order valence-electron chi connectivity index (χ2n) is 8.68. The van der Waals surface area contributed by atoms with Crippen LogP contribution in [0.15, 0.2) is 41.7 Å². The van der Waals surface area contributed by atoms with Crippen LogP contribution in [0.4, 0.5) is 0 Å². The molecule has 2 aromatic rings. The summed E-state index contributed by atoms with van der Waals surface area (Å²) in [5.41, 5.74) is 7.31. The van der Waals surface area contributed by atoms with Crippen molar-refractivity contribution < 1.29 is 22.9 Å². The van der Waals surface area contributed by atoms with Gasteiger partial charge in [-0.25, -0.2) is 4.98 Å². The monoisotopic (exact) mass is 465 g/mol. The third kappa shape index (κ3) is 8.37. The minimum Gasteiger partial charge on any atom is -0.481 e. The molecular formula is C23H35N3O5S. The summed E-state index contributed by atoms with van der Waals surface area (Å²) in [6.45, 7) is 4.69. The number of hydrogen-bond acceptors (Lipinski definition) is 5. The predicted octanol–water partition coefficient (Wildman–Crippen LogP) is 3.86. The van der Waals surface area contributed by atoms with Crippen molar-refractivity contribution in [1.82, 2.24) is 9.55 Å². The van der Waals surface area contributed by atoms with Crippen LogP contribution in [-0.4, -0.2) is 40.1 Å². The lowest BCUT2D eigenvalue weighted by Crippen LogP contribution is -2.18. The zero-order valence-corrected chi connectivity index (χ0v) is 19.7. The lowest BCUT2D eigenvalue weighted by molar-refractivity contribution is -0.142. The van der Waals surface area contributed by atoms with Crippen molar-refractivity contribution >= 4 is 16.1 Å². The number of carbonyl (C=O) groups is 1. The number of carboxylic acids is 1. The van der Waals surface area contributed by atoms with Crippen molar-refractivity contribution in [1.29, 1.82) is 0 Å². The molecule has 0 aliphatic heterocycles. The largest absolute Gasteiger partial charge is 0.481 e. The number of nitrogens with zero attached hydrogens (tertiary/aromatic N) is 2. The first kappa shape index (κ1) is 26.0. The number of nitrogens with two attached hydrogens (primary N) is 1. The Bertz CT molecular complexity index is 948. The van der Waals surface area contributed by atoms with Crippen LogP contribution in [-0.2, 0) is 21.3 Å². The summed E-state index contributed by atoms with van der Waals surface area (Å²) in [6, 6.07) is 6.52. The number of aryl methyl sites for hydroxylation is 1. The lowest BCUT2D eigenvalue weighted by atomic mass is 9.87. The molecule has 1 aliphatic carbocycles. The van der Waals surface area contributed by atoms with E-state index in [2.05, 4.69) is 16.5 Å². The molecule has 4 N–H and O–H groups in total. The van der Waals surface area contributed by atoms with Gasteiger partial charge in [0.2, 0.25) is 0 Å². The first-order valence-electron chi connectivity index (χ1n) is 11.1. The Balaban J connectivity index is 0.000000278. The predicted molar refractivity (Wildman–Crippen MR) is 123 cm³/mol. The lowest BCUT2D eigenvalue weighted by Gasteiger charge is -2.26. The maximum Gasteiger partial charge on any atom is 0.306 e. The number of benzene rings is 1. The van der Waals surface area contributed by atoms with E-state index in [0.29, 0.717) is 25.4 Å². The van der Waals surface area contributed by atoms with Crippen molar-refractivity contribution in [3.8, 4) is 0 Å². The average molecular weight is 466 g/mol. The number of aliphatic carboxylic acids is 1.